The highest BCUT2D eigenvalue weighted by Crippen LogP contribution is 2.24. The summed E-state index contributed by atoms with van der Waals surface area (Å²) < 4.78 is 5.65. The topological polar surface area (TPSA) is 108 Å². The van der Waals surface area contributed by atoms with Gasteiger partial charge in [0.2, 0.25) is 11.8 Å². The number of amides is 4. The number of benzene rings is 1. The number of likely N-dealkylation sites (tertiary alicyclic amines) is 1. The summed E-state index contributed by atoms with van der Waals surface area (Å²) in [6.45, 7) is 13.7. The highest BCUT2D eigenvalue weighted by molar-refractivity contribution is 6.00. The van der Waals surface area contributed by atoms with E-state index in [4.69, 9.17) is 4.74 Å². The smallest absolute Gasteiger partial charge is 0.258 e. The molecule has 1 aromatic rings. The van der Waals surface area contributed by atoms with Gasteiger partial charge in [-0.3, -0.25) is 19.2 Å². The zero-order valence-corrected chi connectivity index (χ0v) is 22.9. The van der Waals surface area contributed by atoms with Gasteiger partial charge in [0, 0.05) is 28.0 Å². The van der Waals surface area contributed by atoms with Gasteiger partial charge in [-0.1, -0.05) is 26.0 Å². The fraction of sp³-hybridized carbons (Fsp3) is 0.630. The average molecular weight is 507 g/mol. The van der Waals surface area contributed by atoms with Crippen LogP contribution in [0.15, 0.2) is 24.3 Å². The molecule has 1 aliphatic rings. The molecule has 0 aromatic heterocycles. The molecule has 0 spiro atoms. The number of hydrogen-bond donors (Lipinski definition) is 2. The van der Waals surface area contributed by atoms with Crippen molar-refractivity contribution in [2.24, 2.45) is 5.92 Å². The van der Waals surface area contributed by atoms with Crippen molar-refractivity contribution < 1.29 is 26.8 Å². The molecule has 0 unspecified atom stereocenters. The van der Waals surface area contributed by atoms with E-state index in [1.54, 1.807) is 41.1 Å². The Bertz CT molecular complexity index is 965. The van der Waals surface area contributed by atoms with Crippen LogP contribution in [0.5, 0.6) is 5.75 Å². The minimum absolute atomic E-state index is 0. The van der Waals surface area contributed by atoms with E-state index in [0.717, 1.165) is 0 Å². The summed E-state index contributed by atoms with van der Waals surface area (Å²) in [4.78, 5) is 54.9. The van der Waals surface area contributed by atoms with Crippen LogP contribution >= 0.6 is 0 Å². The van der Waals surface area contributed by atoms with Crippen LogP contribution in [0.1, 0.15) is 74.5 Å². The summed E-state index contributed by atoms with van der Waals surface area (Å²) in [5.41, 5.74) is -0.166. The maximum atomic E-state index is 13.4. The summed E-state index contributed by atoms with van der Waals surface area (Å²) in [6, 6.07) is 5.36. The van der Waals surface area contributed by atoms with Crippen LogP contribution in [0, 0.1) is 5.92 Å². The molecule has 0 aliphatic carbocycles. The molecular weight excluding hydrogens is 460 g/mol. The van der Waals surface area contributed by atoms with Crippen molar-refractivity contribution in [2.45, 2.75) is 85.0 Å². The predicted molar refractivity (Wildman–Crippen MR) is 143 cm³/mol. The highest BCUT2D eigenvalue weighted by Gasteiger charge is 2.42. The molecular formula is C27H46N4O5. The number of para-hydroxylation sites is 1. The largest absolute Gasteiger partial charge is 0.483 e. The fourth-order valence-electron chi connectivity index (χ4n) is 3.90. The van der Waals surface area contributed by atoms with E-state index < -0.39 is 23.5 Å². The second-order valence-electron chi connectivity index (χ2n) is 11.1. The molecule has 1 heterocycles. The quantitative estimate of drug-likeness (QED) is 0.507. The van der Waals surface area contributed by atoms with Gasteiger partial charge < -0.3 is 25.2 Å². The molecule has 2 rings (SSSR count). The van der Waals surface area contributed by atoms with E-state index in [-0.39, 0.29) is 50.5 Å². The number of ether oxygens (including phenoxy) is 1. The van der Waals surface area contributed by atoms with E-state index in [2.05, 4.69) is 10.6 Å². The Morgan fingerprint density at radius 2 is 1.78 bits per heavy atom. The molecule has 9 nitrogen and oxygen atoms in total. The number of carbonyl (C=O) groups excluding carboxylic acids is 4. The summed E-state index contributed by atoms with van der Waals surface area (Å²) in [5.74, 6) is -0.729. The lowest BCUT2D eigenvalue weighted by atomic mass is 9.96. The lowest BCUT2D eigenvalue weighted by Gasteiger charge is -2.43. The summed E-state index contributed by atoms with van der Waals surface area (Å²) in [7, 11) is 1.74. The molecule has 4 amide bonds. The molecule has 2 N–H and O–H groups in total. The van der Waals surface area contributed by atoms with Gasteiger partial charge in [0.05, 0.1) is 5.56 Å². The Morgan fingerprint density at radius 1 is 1.14 bits per heavy atom. The molecule has 0 radical (unpaired) electrons. The third-order valence-electron chi connectivity index (χ3n) is 6.03. The summed E-state index contributed by atoms with van der Waals surface area (Å²) in [5, 5.41) is 5.67. The van der Waals surface area contributed by atoms with Crippen LogP contribution in [0.3, 0.4) is 0 Å². The zero-order chi connectivity index (χ0) is 27.2. The van der Waals surface area contributed by atoms with Crippen molar-refractivity contribution in [1.29, 1.82) is 0 Å². The molecule has 36 heavy (non-hydrogen) atoms. The van der Waals surface area contributed by atoms with Crippen molar-refractivity contribution >= 4 is 23.6 Å². The average Bonchev–Trinajstić information content (AvgIpc) is 2.74. The zero-order valence-electron chi connectivity index (χ0n) is 22.9. The second kappa shape index (κ2) is 12.2. The maximum Gasteiger partial charge on any atom is 0.258 e. The maximum absolute atomic E-state index is 13.4. The Labute approximate surface area is 217 Å². The molecule has 9 heteroatoms. The minimum Gasteiger partial charge on any atom is -0.483 e. The molecule has 1 saturated heterocycles. The summed E-state index contributed by atoms with van der Waals surface area (Å²) in [6.07, 6.45) is 1.04. The first-order chi connectivity index (χ1) is 16.7. The van der Waals surface area contributed by atoms with Crippen molar-refractivity contribution in [3.05, 3.63) is 29.8 Å². The van der Waals surface area contributed by atoms with E-state index >= 15 is 0 Å². The molecule has 204 valence electrons. The Morgan fingerprint density at radius 3 is 2.31 bits per heavy atom. The molecule has 0 bridgehead atoms. The van der Waals surface area contributed by atoms with Gasteiger partial charge in [-0.05, 0) is 65.5 Å². The lowest BCUT2D eigenvalue weighted by Crippen LogP contribution is -2.63. The van der Waals surface area contributed by atoms with Crippen molar-refractivity contribution in [3.8, 4) is 5.75 Å². The number of nitrogens with one attached hydrogen (secondary N) is 2. The Balaban J connectivity index is 0.00000684. The first kappa shape index (κ1) is 29.1. The number of nitrogens with zero attached hydrogens (tertiary/aromatic N) is 2. The minimum atomic E-state index is -0.783. The van der Waals surface area contributed by atoms with Crippen molar-refractivity contribution in [1.82, 2.24) is 20.4 Å². The molecule has 1 aliphatic heterocycles. The van der Waals surface area contributed by atoms with Gasteiger partial charge in [-0.2, -0.15) is 0 Å². The van der Waals surface area contributed by atoms with Gasteiger partial charge in [-0.25, -0.2) is 0 Å². The Hall–Kier alpha value is -3.10. The van der Waals surface area contributed by atoms with Gasteiger partial charge in [0.25, 0.3) is 11.8 Å². The third-order valence-corrected chi connectivity index (χ3v) is 6.03. The second-order valence-corrected chi connectivity index (χ2v) is 11.1. The SMILES string of the molecule is CC(C)C[C@@H](NC(=O)c1ccccc1OCC(=O)NC(C)(C)C)C(=O)N1CC[C@@H]1C(=O)N(C)C(C)C.[HH].[HH]. The predicted octanol–water partition coefficient (Wildman–Crippen LogP) is 3.08. The normalized spacial score (nSPS) is 16.3. The van der Waals surface area contributed by atoms with Gasteiger partial charge in [0.15, 0.2) is 6.61 Å². The lowest BCUT2D eigenvalue weighted by molar-refractivity contribution is -0.154. The first-order valence-electron chi connectivity index (χ1n) is 12.6. The van der Waals surface area contributed by atoms with Crippen LogP contribution in [-0.2, 0) is 14.4 Å². The van der Waals surface area contributed by atoms with Crippen LogP contribution in [0.2, 0.25) is 0 Å². The number of carbonyl (C=O) groups is 4. The van der Waals surface area contributed by atoms with E-state index in [0.29, 0.717) is 19.4 Å². The summed E-state index contributed by atoms with van der Waals surface area (Å²) >= 11 is 0. The fourth-order valence-corrected chi connectivity index (χ4v) is 3.90. The van der Waals surface area contributed by atoms with Crippen LogP contribution in [0.25, 0.3) is 0 Å². The first-order valence-corrected chi connectivity index (χ1v) is 12.6. The van der Waals surface area contributed by atoms with Crippen LogP contribution < -0.4 is 15.4 Å². The van der Waals surface area contributed by atoms with Crippen LogP contribution in [-0.4, -0.2) is 77.3 Å². The molecule has 1 fully saturated rings. The standard InChI is InChI=1S/C27H42N4O5.2H2/c1-17(2)15-20(25(34)31-14-13-21(31)26(35)30(8)18(3)4)28-24(33)19-11-9-10-12-22(19)36-16-23(32)29-27(5,6)7;;/h9-12,17-18,20-21H,13-16H2,1-8H3,(H,28,33)(H,29,32);2*1H/t20-,21-;;/m1../s1. The highest BCUT2D eigenvalue weighted by atomic mass is 16.5. The number of likely N-dealkylation sites (N-methyl/N-ethyl adjacent to an activating group) is 1. The third kappa shape index (κ3) is 7.96. The number of rotatable bonds is 10. The van der Waals surface area contributed by atoms with E-state index in [9.17, 15) is 19.2 Å². The van der Waals surface area contributed by atoms with E-state index in [1.807, 2.05) is 48.5 Å². The van der Waals surface area contributed by atoms with Gasteiger partial charge >= 0.3 is 0 Å². The molecule has 0 saturated carbocycles. The Kier molecular flexibility index (Phi) is 9.90. The van der Waals surface area contributed by atoms with Crippen molar-refractivity contribution in [3.63, 3.8) is 0 Å². The molecule has 1 aromatic carbocycles. The number of hydrogen-bond acceptors (Lipinski definition) is 5. The van der Waals surface area contributed by atoms with Gasteiger partial charge in [-0.15, -0.1) is 0 Å². The van der Waals surface area contributed by atoms with Crippen molar-refractivity contribution in [2.75, 3.05) is 20.2 Å². The molecule has 2 atom stereocenters. The van der Waals surface area contributed by atoms with Crippen LogP contribution in [0.4, 0.5) is 0 Å². The monoisotopic (exact) mass is 506 g/mol. The van der Waals surface area contributed by atoms with E-state index in [1.165, 1.54) is 0 Å². The van der Waals surface area contributed by atoms with Gasteiger partial charge in [0.1, 0.15) is 17.8 Å².